The summed E-state index contributed by atoms with van der Waals surface area (Å²) in [4.78, 5) is 0. The Balaban J connectivity index is 2.34. The zero-order chi connectivity index (χ0) is 12.6. The van der Waals surface area contributed by atoms with Gasteiger partial charge in [-0.3, -0.25) is 0 Å². The first-order chi connectivity index (χ1) is 8.26. The largest absolute Gasteiger partial charge is 0.374 e. The highest BCUT2D eigenvalue weighted by Gasteiger charge is 2.32. The van der Waals surface area contributed by atoms with Crippen molar-refractivity contribution in [3.63, 3.8) is 0 Å². The molecule has 1 nitrogen and oxygen atoms in total. The molecular weight excluding hydrogens is 323 g/mol. The third kappa shape index (κ3) is 5.46. The van der Waals surface area contributed by atoms with Gasteiger partial charge in [0, 0.05) is 4.43 Å². The second-order valence-electron chi connectivity index (χ2n) is 5.60. The standard InChI is InChI=1S/C15H29IO/c1-3-5-9-14(4-2)12-17-15(13-16)10-7-6-8-11-15/h14H,3-13H2,1-2H3. The summed E-state index contributed by atoms with van der Waals surface area (Å²) >= 11 is 2.52. The van der Waals surface area contributed by atoms with Crippen LogP contribution in [0.5, 0.6) is 0 Å². The number of alkyl halides is 1. The number of rotatable bonds is 8. The van der Waals surface area contributed by atoms with Gasteiger partial charge < -0.3 is 4.74 Å². The molecule has 2 heteroatoms. The fourth-order valence-electron chi connectivity index (χ4n) is 2.71. The molecule has 17 heavy (non-hydrogen) atoms. The Kier molecular flexibility index (Phi) is 8.09. The number of hydrogen-bond acceptors (Lipinski definition) is 1. The van der Waals surface area contributed by atoms with Gasteiger partial charge in [0.05, 0.1) is 12.2 Å². The third-order valence-corrected chi connectivity index (χ3v) is 5.57. The van der Waals surface area contributed by atoms with Crippen molar-refractivity contribution < 1.29 is 4.74 Å². The zero-order valence-electron chi connectivity index (χ0n) is 11.6. The number of unbranched alkanes of at least 4 members (excludes halogenated alkanes) is 1. The van der Waals surface area contributed by atoms with Gasteiger partial charge in [0.15, 0.2) is 0 Å². The lowest BCUT2D eigenvalue weighted by atomic mass is 9.86. The van der Waals surface area contributed by atoms with Crippen molar-refractivity contribution in [2.45, 2.75) is 77.2 Å². The Morgan fingerprint density at radius 1 is 1.18 bits per heavy atom. The summed E-state index contributed by atoms with van der Waals surface area (Å²) in [6.45, 7) is 5.59. The lowest BCUT2D eigenvalue weighted by molar-refractivity contribution is -0.0662. The van der Waals surface area contributed by atoms with Gasteiger partial charge in [0.1, 0.15) is 0 Å². The molecule has 0 radical (unpaired) electrons. The van der Waals surface area contributed by atoms with Crippen LogP contribution in [0.1, 0.15) is 71.6 Å². The fourth-order valence-corrected chi connectivity index (χ4v) is 3.69. The molecule has 0 aromatic carbocycles. The SMILES string of the molecule is CCCCC(CC)COC1(CI)CCCCC1. The quantitative estimate of drug-likeness (QED) is 0.422. The highest BCUT2D eigenvalue weighted by Crippen LogP contribution is 2.34. The minimum Gasteiger partial charge on any atom is -0.374 e. The van der Waals surface area contributed by atoms with Gasteiger partial charge in [-0.2, -0.15) is 0 Å². The van der Waals surface area contributed by atoms with Crippen molar-refractivity contribution >= 4 is 22.6 Å². The summed E-state index contributed by atoms with van der Waals surface area (Å²) in [5, 5.41) is 0. The molecule has 0 N–H and O–H groups in total. The van der Waals surface area contributed by atoms with Crippen molar-refractivity contribution in [3.8, 4) is 0 Å². The molecule has 0 aromatic heterocycles. The molecule has 1 atom stereocenters. The van der Waals surface area contributed by atoms with Crippen molar-refractivity contribution in [2.24, 2.45) is 5.92 Å². The third-order valence-electron chi connectivity index (χ3n) is 4.18. The summed E-state index contributed by atoms with van der Waals surface area (Å²) in [6, 6.07) is 0. The first kappa shape index (κ1) is 15.7. The Hall–Kier alpha value is 0.690. The molecule has 1 saturated carbocycles. The molecule has 0 aliphatic heterocycles. The van der Waals surface area contributed by atoms with E-state index in [4.69, 9.17) is 4.74 Å². The van der Waals surface area contributed by atoms with Gasteiger partial charge in [-0.15, -0.1) is 0 Å². The van der Waals surface area contributed by atoms with Crippen LogP contribution in [0.25, 0.3) is 0 Å². The molecule has 0 amide bonds. The minimum absolute atomic E-state index is 0.235. The van der Waals surface area contributed by atoms with Gasteiger partial charge in [0.2, 0.25) is 0 Å². The van der Waals surface area contributed by atoms with E-state index in [-0.39, 0.29) is 5.60 Å². The lowest BCUT2D eigenvalue weighted by Gasteiger charge is -2.37. The molecule has 0 bridgehead atoms. The van der Waals surface area contributed by atoms with Crippen LogP contribution in [0, 0.1) is 5.92 Å². The Bertz CT molecular complexity index is 187. The first-order valence-electron chi connectivity index (χ1n) is 7.46. The topological polar surface area (TPSA) is 9.23 Å². The summed E-state index contributed by atoms with van der Waals surface area (Å²) in [6.07, 6.45) is 12.0. The van der Waals surface area contributed by atoms with Crippen LogP contribution in [-0.2, 0) is 4.74 Å². The average Bonchev–Trinajstić information content (AvgIpc) is 2.40. The highest BCUT2D eigenvalue weighted by atomic mass is 127. The second kappa shape index (κ2) is 8.73. The van der Waals surface area contributed by atoms with E-state index in [9.17, 15) is 0 Å². The van der Waals surface area contributed by atoms with E-state index in [0.29, 0.717) is 0 Å². The van der Waals surface area contributed by atoms with E-state index in [1.165, 1.54) is 62.2 Å². The number of halogens is 1. The first-order valence-corrected chi connectivity index (χ1v) is 8.99. The van der Waals surface area contributed by atoms with Crippen molar-refractivity contribution in [1.29, 1.82) is 0 Å². The van der Waals surface area contributed by atoms with Gasteiger partial charge in [-0.1, -0.05) is 75.0 Å². The maximum absolute atomic E-state index is 6.36. The highest BCUT2D eigenvalue weighted by molar-refractivity contribution is 14.1. The predicted octanol–water partition coefficient (Wildman–Crippen LogP) is 5.36. The molecule has 0 saturated heterocycles. The maximum Gasteiger partial charge on any atom is 0.0771 e. The Labute approximate surface area is 121 Å². The second-order valence-corrected chi connectivity index (χ2v) is 6.37. The molecule has 0 aromatic rings. The van der Waals surface area contributed by atoms with Gasteiger partial charge in [-0.25, -0.2) is 0 Å². The summed E-state index contributed by atoms with van der Waals surface area (Å²) < 4.78 is 7.54. The van der Waals surface area contributed by atoms with Crippen LogP contribution in [0.15, 0.2) is 0 Å². The average molecular weight is 352 g/mol. The molecule has 1 aliphatic rings. The molecule has 1 fully saturated rings. The van der Waals surface area contributed by atoms with E-state index in [0.717, 1.165) is 12.5 Å². The molecule has 1 unspecified atom stereocenters. The van der Waals surface area contributed by atoms with Gasteiger partial charge >= 0.3 is 0 Å². The molecular formula is C15H29IO. The summed E-state index contributed by atoms with van der Waals surface area (Å²) in [7, 11) is 0. The molecule has 1 rings (SSSR count). The van der Waals surface area contributed by atoms with E-state index in [1.54, 1.807) is 0 Å². The van der Waals surface area contributed by atoms with E-state index >= 15 is 0 Å². The normalized spacial score (nSPS) is 21.4. The Morgan fingerprint density at radius 2 is 1.88 bits per heavy atom. The maximum atomic E-state index is 6.36. The summed E-state index contributed by atoms with van der Waals surface area (Å²) in [5.41, 5.74) is 0.235. The fraction of sp³-hybridized carbons (Fsp3) is 1.00. The lowest BCUT2D eigenvalue weighted by Crippen LogP contribution is -2.38. The van der Waals surface area contributed by atoms with E-state index in [1.807, 2.05) is 0 Å². The van der Waals surface area contributed by atoms with Crippen LogP contribution in [0.4, 0.5) is 0 Å². The van der Waals surface area contributed by atoms with Crippen LogP contribution >= 0.6 is 22.6 Å². The predicted molar refractivity (Wildman–Crippen MR) is 84.0 cm³/mol. The van der Waals surface area contributed by atoms with Crippen molar-refractivity contribution in [2.75, 3.05) is 11.0 Å². The Morgan fingerprint density at radius 3 is 2.41 bits per heavy atom. The molecule has 0 heterocycles. The zero-order valence-corrected chi connectivity index (χ0v) is 13.8. The van der Waals surface area contributed by atoms with Crippen molar-refractivity contribution in [1.82, 2.24) is 0 Å². The number of ether oxygens (including phenoxy) is 1. The minimum atomic E-state index is 0.235. The van der Waals surface area contributed by atoms with Crippen LogP contribution in [-0.4, -0.2) is 16.6 Å². The van der Waals surface area contributed by atoms with Crippen LogP contribution < -0.4 is 0 Å². The smallest absolute Gasteiger partial charge is 0.0771 e. The summed E-state index contributed by atoms with van der Waals surface area (Å²) in [5.74, 6) is 0.789. The van der Waals surface area contributed by atoms with E-state index in [2.05, 4.69) is 36.4 Å². The van der Waals surface area contributed by atoms with Crippen LogP contribution in [0.3, 0.4) is 0 Å². The van der Waals surface area contributed by atoms with Gasteiger partial charge in [-0.05, 0) is 25.2 Å². The monoisotopic (exact) mass is 352 g/mol. The molecule has 102 valence electrons. The molecule has 0 spiro atoms. The van der Waals surface area contributed by atoms with Gasteiger partial charge in [0.25, 0.3) is 0 Å². The number of hydrogen-bond donors (Lipinski definition) is 0. The van der Waals surface area contributed by atoms with Crippen molar-refractivity contribution in [3.05, 3.63) is 0 Å². The molecule has 1 aliphatic carbocycles. The van der Waals surface area contributed by atoms with E-state index < -0.39 is 0 Å². The van der Waals surface area contributed by atoms with Crippen LogP contribution in [0.2, 0.25) is 0 Å².